The minimum Gasteiger partial charge on any atom is -0.759 e. The third kappa shape index (κ3) is 398. The van der Waals surface area contributed by atoms with Crippen LogP contribution in [0.4, 0.5) is 0 Å². The standard InChI is InChI=1S/2K.2HNO2.H2O4S.Pd/c;;2*2-1-3;1-5(2,3)4;/h;;2*(H,2,3);(H2,1,2,3,4);/q2*+1;;;;+2/p-4. The maximum atomic E-state index is 8.52. The molecule has 76 valence electrons. The van der Waals surface area contributed by atoms with Gasteiger partial charge in [-0.1, -0.05) is 0 Å². The van der Waals surface area contributed by atoms with Crippen molar-refractivity contribution in [3.8, 4) is 0 Å². The van der Waals surface area contributed by atoms with Gasteiger partial charge in [-0.15, -0.1) is 10.7 Å². The van der Waals surface area contributed by atoms with Gasteiger partial charge in [0.15, 0.2) is 0 Å². The van der Waals surface area contributed by atoms with Gasteiger partial charge < -0.3 is 29.3 Å². The molecule has 0 fully saturated rings. The second-order valence-corrected chi connectivity index (χ2v) is 1.37. The van der Waals surface area contributed by atoms with Crippen molar-refractivity contribution in [2.45, 2.75) is 0 Å². The van der Waals surface area contributed by atoms with Gasteiger partial charge in [0, 0.05) is 10.4 Å². The summed E-state index contributed by atoms with van der Waals surface area (Å²) in [4.78, 5) is 16.0. The molecule has 0 N–H and O–H groups in total. The predicted molar refractivity (Wildman–Crippen MR) is 28.8 cm³/mol. The minimum absolute atomic E-state index is 0. The van der Waals surface area contributed by atoms with Gasteiger partial charge in [0.05, 0.1) is 0 Å². The monoisotopic (exact) mass is 372 g/mol. The predicted octanol–water partition coefficient (Wildman–Crippen LogP) is -6.83. The van der Waals surface area contributed by atoms with Crippen molar-refractivity contribution in [3.63, 3.8) is 0 Å². The van der Waals surface area contributed by atoms with Crippen LogP contribution in [0.5, 0.6) is 0 Å². The Bertz CT molecular complexity index is 166. The van der Waals surface area contributed by atoms with Crippen molar-refractivity contribution < 1.29 is 141 Å². The zero-order valence-electron chi connectivity index (χ0n) is 6.88. The van der Waals surface area contributed by atoms with Crippen LogP contribution in [-0.2, 0) is 30.8 Å². The first kappa shape index (κ1) is 36.0. The van der Waals surface area contributed by atoms with E-state index in [0.29, 0.717) is 0 Å². The van der Waals surface area contributed by atoms with Crippen LogP contribution >= 0.6 is 0 Å². The van der Waals surface area contributed by atoms with E-state index in [4.69, 9.17) is 37.8 Å². The van der Waals surface area contributed by atoms with Crippen LogP contribution in [0.2, 0.25) is 0 Å². The van der Waals surface area contributed by atoms with Gasteiger partial charge in [0.2, 0.25) is 0 Å². The number of hydrogen-bond acceptors (Lipinski definition) is 10. The Kier molecular flexibility index (Phi) is 76.0. The van der Waals surface area contributed by atoms with E-state index in [1.54, 1.807) is 0 Å². The summed E-state index contributed by atoms with van der Waals surface area (Å²) >= 11 is 0. The van der Waals surface area contributed by atoms with Gasteiger partial charge >= 0.3 is 123 Å². The average molecular weight is 373 g/mol. The van der Waals surface area contributed by atoms with Crippen molar-refractivity contribution in [3.05, 3.63) is 20.2 Å². The van der Waals surface area contributed by atoms with Gasteiger partial charge in [0.25, 0.3) is 0 Å². The summed E-state index contributed by atoms with van der Waals surface area (Å²) in [5, 5.41) is 18.0. The Morgan fingerprint density at radius 3 is 0.857 bits per heavy atom. The summed E-state index contributed by atoms with van der Waals surface area (Å²) in [5.41, 5.74) is 0. The first-order valence-corrected chi connectivity index (χ1v) is 2.73. The van der Waals surface area contributed by atoms with E-state index < -0.39 is 10.4 Å². The SMILES string of the molecule is O=N[O-].O=N[O-].O=S(=O)([O-])[O-].[K+].[K+].[Pd+2]. The molecule has 0 heterocycles. The van der Waals surface area contributed by atoms with Crippen LogP contribution in [0.15, 0.2) is 10.7 Å². The smallest absolute Gasteiger partial charge is 0.759 e. The zero-order valence-corrected chi connectivity index (χ0v) is 15.5. The molecule has 0 bridgehead atoms. The Balaban J connectivity index is -0.0000000162. The molecule has 0 unspecified atom stereocenters. The fraction of sp³-hybridized carbons (Fsp3) is 0. The summed E-state index contributed by atoms with van der Waals surface area (Å²) in [6, 6.07) is 0. The molecule has 0 rings (SSSR count). The molecule has 0 aliphatic carbocycles. The molecule has 0 aliphatic rings. The Morgan fingerprint density at radius 1 is 0.857 bits per heavy atom. The molecular formula is K2N2O8PdS. The Morgan fingerprint density at radius 2 is 0.857 bits per heavy atom. The minimum atomic E-state index is -5.17. The molecule has 0 aromatic carbocycles. The largest absolute Gasteiger partial charge is 2.00 e. The fourth-order valence-corrected chi connectivity index (χ4v) is 0. The summed E-state index contributed by atoms with van der Waals surface area (Å²) in [6.07, 6.45) is 0. The maximum Gasteiger partial charge on any atom is 2.00 e. The Hall–Kier alpha value is 2.61. The van der Waals surface area contributed by atoms with Crippen molar-refractivity contribution in [1.29, 1.82) is 0 Å². The third-order valence-corrected chi connectivity index (χ3v) is 0. The van der Waals surface area contributed by atoms with Gasteiger partial charge in [-0.2, -0.15) is 0 Å². The molecule has 0 aromatic rings. The van der Waals surface area contributed by atoms with Crippen LogP contribution in [0.25, 0.3) is 0 Å². The van der Waals surface area contributed by atoms with Crippen LogP contribution in [0.3, 0.4) is 0 Å². The van der Waals surface area contributed by atoms with Crippen molar-refractivity contribution in [1.82, 2.24) is 0 Å². The molecule has 0 spiro atoms. The van der Waals surface area contributed by atoms with E-state index in [1.165, 1.54) is 0 Å². The van der Waals surface area contributed by atoms with Crippen LogP contribution in [-0.4, -0.2) is 17.5 Å². The molecule has 0 radical (unpaired) electrons. The number of hydrogen-bond donors (Lipinski definition) is 0. The topological polar surface area (TPSA) is 185 Å². The molecular weight excluding hydrogens is 373 g/mol. The van der Waals surface area contributed by atoms with Gasteiger partial charge in [0.1, 0.15) is 0 Å². The van der Waals surface area contributed by atoms with Gasteiger partial charge in [-0.25, -0.2) is 0 Å². The van der Waals surface area contributed by atoms with Gasteiger partial charge in [-0.05, 0) is 0 Å². The van der Waals surface area contributed by atoms with Crippen molar-refractivity contribution in [2.75, 3.05) is 0 Å². The quantitative estimate of drug-likeness (QED) is 0.132. The second-order valence-electron chi connectivity index (χ2n) is 0.557. The van der Waals surface area contributed by atoms with E-state index in [2.05, 4.69) is 0 Å². The fourth-order valence-electron chi connectivity index (χ4n) is 0. The first-order valence-electron chi connectivity index (χ1n) is 1.40. The number of nitrogens with zero attached hydrogens (tertiary/aromatic N) is 2. The van der Waals surface area contributed by atoms with Crippen molar-refractivity contribution in [2.24, 2.45) is 10.7 Å². The van der Waals surface area contributed by atoms with Crippen LogP contribution in [0, 0.1) is 20.2 Å². The molecule has 14 heavy (non-hydrogen) atoms. The summed E-state index contributed by atoms with van der Waals surface area (Å²) in [7, 11) is -5.17. The van der Waals surface area contributed by atoms with Crippen LogP contribution < -0.4 is 103 Å². The van der Waals surface area contributed by atoms with E-state index in [-0.39, 0.29) is 123 Å². The molecule has 0 amide bonds. The molecule has 10 nitrogen and oxygen atoms in total. The normalized spacial score (nSPS) is 5.86. The van der Waals surface area contributed by atoms with Crippen molar-refractivity contribution >= 4 is 10.4 Å². The molecule has 0 aliphatic heterocycles. The second kappa shape index (κ2) is 29.6. The molecule has 0 aromatic heterocycles. The maximum absolute atomic E-state index is 8.52. The number of rotatable bonds is 0. The van der Waals surface area contributed by atoms with E-state index in [0.717, 1.165) is 10.7 Å². The summed E-state index contributed by atoms with van der Waals surface area (Å²) in [6.45, 7) is 0. The van der Waals surface area contributed by atoms with Gasteiger partial charge in [-0.3, -0.25) is 8.42 Å². The van der Waals surface area contributed by atoms with E-state index in [1.807, 2.05) is 0 Å². The Labute approximate surface area is 178 Å². The van der Waals surface area contributed by atoms with E-state index >= 15 is 0 Å². The molecule has 0 saturated heterocycles. The summed E-state index contributed by atoms with van der Waals surface area (Å²) in [5.74, 6) is 0. The molecule has 0 atom stereocenters. The molecule has 0 saturated carbocycles. The molecule has 14 heteroatoms. The summed E-state index contributed by atoms with van der Waals surface area (Å²) < 4.78 is 34.1. The van der Waals surface area contributed by atoms with E-state index in [9.17, 15) is 0 Å². The first-order chi connectivity index (χ1) is 4.83. The van der Waals surface area contributed by atoms with Crippen LogP contribution in [0.1, 0.15) is 0 Å². The average Bonchev–Trinajstić information content (AvgIpc) is 1.62. The third-order valence-electron chi connectivity index (χ3n) is 0. The zero-order chi connectivity index (χ0) is 9.91.